The van der Waals surface area contributed by atoms with E-state index < -0.39 is 10.0 Å². The van der Waals surface area contributed by atoms with Gasteiger partial charge in [-0.3, -0.25) is 0 Å². The fourth-order valence-corrected chi connectivity index (χ4v) is 4.27. The van der Waals surface area contributed by atoms with E-state index in [0.29, 0.717) is 4.88 Å². The molecule has 0 unspecified atom stereocenters. The highest BCUT2D eigenvalue weighted by atomic mass is 35.5. The van der Waals surface area contributed by atoms with Gasteiger partial charge in [0.2, 0.25) is 11.8 Å². The van der Waals surface area contributed by atoms with Gasteiger partial charge in [-0.2, -0.15) is 4.98 Å². The zero-order chi connectivity index (χ0) is 14.9. The molecule has 2 aromatic heterocycles. The Hall–Kier alpha value is -1.38. The maximum atomic E-state index is 12.3. The van der Waals surface area contributed by atoms with Crippen LogP contribution in [-0.2, 0) is 10.0 Å². The molecule has 0 spiro atoms. The number of aromatic nitrogens is 2. The standard InChI is InChI=1S/C11H12ClN3O3S2/c1-6-4-8(7(2)19-6)20(16,17)15-11-13-9(12)5-10(14-11)18-3/h4-5H,1-3H3,(H,13,14,15). The first-order valence-electron chi connectivity index (χ1n) is 5.50. The number of hydrogen-bond donors (Lipinski definition) is 1. The molecule has 0 aliphatic carbocycles. The number of rotatable bonds is 4. The van der Waals surface area contributed by atoms with Crippen LogP contribution in [0.3, 0.4) is 0 Å². The predicted octanol–water partition coefficient (Wildman–Crippen LogP) is 2.62. The Morgan fingerprint density at radius 2 is 2.00 bits per heavy atom. The van der Waals surface area contributed by atoms with Crippen LogP contribution in [0.2, 0.25) is 5.15 Å². The van der Waals surface area contributed by atoms with Crippen LogP contribution in [0.15, 0.2) is 17.0 Å². The van der Waals surface area contributed by atoms with Gasteiger partial charge in [-0.05, 0) is 19.9 Å². The van der Waals surface area contributed by atoms with Gasteiger partial charge in [0.1, 0.15) is 10.0 Å². The van der Waals surface area contributed by atoms with Gasteiger partial charge in [0.25, 0.3) is 10.0 Å². The third-order valence-electron chi connectivity index (χ3n) is 2.39. The first kappa shape index (κ1) is 15.0. The summed E-state index contributed by atoms with van der Waals surface area (Å²) in [6, 6.07) is 2.99. The lowest BCUT2D eigenvalue weighted by Crippen LogP contribution is -2.15. The lowest BCUT2D eigenvalue weighted by atomic mass is 10.4. The van der Waals surface area contributed by atoms with Gasteiger partial charge in [0, 0.05) is 15.8 Å². The van der Waals surface area contributed by atoms with E-state index >= 15 is 0 Å². The van der Waals surface area contributed by atoms with Gasteiger partial charge in [-0.1, -0.05) is 11.6 Å². The van der Waals surface area contributed by atoms with Crippen LogP contribution < -0.4 is 9.46 Å². The van der Waals surface area contributed by atoms with Crippen LogP contribution in [0, 0.1) is 13.8 Å². The van der Waals surface area contributed by atoms with Crippen molar-refractivity contribution in [1.82, 2.24) is 9.97 Å². The molecule has 0 aliphatic heterocycles. The summed E-state index contributed by atoms with van der Waals surface area (Å²) in [5, 5.41) is 0.0905. The highest BCUT2D eigenvalue weighted by Crippen LogP contribution is 2.26. The molecule has 0 amide bonds. The quantitative estimate of drug-likeness (QED) is 0.870. The van der Waals surface area contributed by atoms with Crippen LogP contribution in [-0.4, -0.2) is 25.5 Å². The summed E-state index contributed by atoms with van der Waals surface area (Å²) in [6.07, 6.45) is 0. The number of anilines is 1. The summed E-state index contributed by atoms with van der Waals surface area (Å²) >= 11 is 7.18. The van der Waals surface area contributed by atoms with E-state index in [2.05, 4.69) is 14.7 Å². The summed E-state index contributed by atoms with van der Waals surface area (Å²) in [7, 11) is -2.34. The Kier molecular flexibility index (Phi) is 4.17. The van der Waals surface area contributed by atoms with Crippen LogP contribution in [0.1, 0.15) is 9.75 Å². The maximum Gasteiger partial charge on any atom is 0.265 e. The Bertz CT molecular complexity index is 743. The van der Waals surface area contributed by atoms with Crippen molar-refractivity contribution < 1.29 is 13.2 Å². The van der Waals surface area contributed by atoms with Crippen LogP contribution in [0.4, 0.5) is 5.95 Å². The number of methoxy groups -OCH3 is 1. The molecule has 2 rings (SSSR count). The van der Waals surface area contributed by atoms with Crippen molar-refractivity contribution in [3.8, 4) is 5.88 Å². The Balaban J connectivity index is 2.38. The lowest BCUT2D eigenvalue weighted by Gasteiger charge is -2.07. The fraction of sp³-hybridized carbons (Fsp3) is 0.273. The molecule has 0 aromatic carbocycles. The van der Waals surface area contributed by atoms with E-state index in [4.69, 9.17) is 16.3 Å². The molecular weight excluding hydrogens is 322 g/mol. The molecule has 0 atom stereocenters. The molecule has 0 radical (unpaired) electrons. The highest BCUT2D eigenvalue weighted by molar-refractivity contribution is 7.92. The van der Waals surface area contributed by atoms with E-state index in [1.54, 1.807) is 13.0 Å². The Morgan fingerprint density at radius 1 is 1.30 bits per heavy atom. The normalized spacial score (nSPS) is 11.4. The minimum atomic E-state index is -3.74. The zero-order valence-corrected chi connectivity index (χ0v) is 13.4. The monoisotopic (exact) mass is 333 g/mol. The Labute approximate surface area is 125 Å². The third-order valence-corrected chi connectivity index (χ3v) is 5.13. The molecule has 6 nitrogen and oxygen atoms in total. The number of halogens is 1. The van der Waals surface area contributed by atoms with Gasteiger partial charge in [0.05, 0.1) is 7.11 Å². The molecule has 0 saturated carbocycles. The molecule has 0 saturated heterocycles. The van der Waals surface area contributed by atoms with Crippen molar-refractivity contribution in [3.05, 3.63) is 27.0 Å². The summed E-state index contributed by atoms with van der Waals surface area (Å²) < 4.78 is 31.8. The topological polar surface area (TPSA) is 81.2 Å². The van der Waals surface area contributed by atoms with E-state index in [0.717, 1.165) is 4.88 Å². The Morgan fingerprint density at radius 3 is 2.55 bits per heavy atom. The first-order valence-corrected chi connectivity index (χ1v) is 8.18. The molecule has 2 heterocycles. The molecule has 9 heteroatoms. The summed E-state index contributed by atoms with van der Waals surface area (Å²) in [5.74, 6) is 0.0542. The fourth-order valence-electron chi connectivity index (χ4n) is 1.60. The average Bonchev–Trinajstić information content (AvgIpc) is 2.67. The van der Waals surface area contributed by atoms with E-state index in [1.165, 1.54) is 24.5 Å². The molecule has 20 heavy (non-hydrogen) atoms. The SMILES string of the molecule is COc1cc(Cl)nc(NS(=O)(=O)c2cc(C)sc2C)n1. The van der Waals surface area contributed by atoms with Crippen molar-refractivity contribution in [2.45, 2.75) is 18.7 Å². The van der Waals surface area contributed by atoms with Crippen LogP contribution in [0.5, 0.6) is 5.88 Å². The number of sulfonamides is 1. The predicted molar refractivity (Wildman–Crippen MR) is 78.2 cm³/mol. The summed E-state index contributed by atoms with van der Waals surface area (Å²) in [6.45, 7) is 3.58. The van der Waals surface area contributed by atoms with Crippen molar-refractivity contribution in [3.63, 3.8) is 0 Å². The van der Waals surface area contributed by atoms with Gasteiger partial charge in [0.15, 0.2) is 0 Å². The van der Waals surface area contributed by atoms with Crippen molar-refractivity contribution >= 4 is 38.9 Å². The molecule has 0 aliphatic rings. The third kappa shape index (κ3) is 3.20. The highest BCUT2D eigenvalue weighted by Gasteiger charge is 2.21. The largest absolute Gasteiger partial charge is 0.481 e. The smallest absolute Gasteiger partial charge is 0.265 e. The number of nitrogens with one attached hydrogen (secondary N) is 1. The van der Waals surface area contributed by atoms with E-state index in [1.807, 2.05) is 6.92 Å². The van der Waals surface area contributed by atoms with Crippen molar-refractivity contribution in [2.75, 3.05) is 11.8 Å². The number of hydrogen-bond acceptors (Lipinski definition) is 6. The van der Waals surface area contributed by atoms with Gasteiger partial charge >= 0.3 is 0 Å². The zero-order valence-electron chi connectivity index (χ0n) is 11.0. The van der Waals surface area contributed by atoms with Crippen LogP contribution >= 0.6 is 22.9 Å². The first-order chi connectivity index (χ1) is 9.31. The molecule has 108 valence electrons. The van der Waals surface area contributed by atoms with Gasteiger partial charge < -0.3 is 4.74 Å². The number of nitrogens with zero attached hydrogens (tertiary/aromatic N) is 2. The molecular formula is C11H12ClN3O3S2. The number of thiophene rings is 1. The summed E-state index contributed by atoms with van der Waals surface area (Å²) in [4.78, 5) is 9.53. The second-order valence-electron chi connectivity index (χ2n) is 3.94. The number of ether oxygens (including phenoxy) is 1. The van der Waals surface area contributed by atoms with Crippen molar-refractivity contribution in [2.24, 2.45) is 0 Å². The minimum Gasteiger partial charge on any atom is -0.481 e. The van der Waals surface area contributed by atoms with Crippen LogP contribution in [0.25, 0.3) is 0 Å². The lowest BCUT2D eigenvalue weighted by molar-refractivity contribution is 0.397. The second kappa shape index (κ2) is 5.55. The molecule has 0 fully saturated rings. The average molecular weight is 334 g/mol. The maximum absolute atomic E-state index is 12.3. The van der Waals surface area contributed by atoms with Gasteiger partial charge in [-0.25, -0.2) is 18.1 Å². The molecule has 0 bridgehead atoms. The minimum absolute atomic E-state index is 0.0905. The van der Waals surface area contributed by atoms with E-state index in [-0.39, 0.29) is 21.9 Å². The second-order valence-corrected chi connectivity index (χ2v) is 7.44. The van der Waals surface area contributed by atoms with Gasteiger partial charge in [-0.15, -0.1) is 11.3 Å². The molecule has 2 aromatic rings. The van der Waals surface area contributed by atoms with E-state index in [9.17, 15) is 8.42 Å². The summed E-state index contributed by atoms with van der Waals surface area (Å²) in [5.41, 5.74) is 0. The molecule has 1 N–H and O–H groups in total. The van der Waals surface area contributed by atoms with Crippen molar-refractivity contribution in [1.29, 1.82) is 0 Å². The number of aryl methyl sites for hydroxylation is 2.